The van der Waals surface area contributed by atoms with E-state index >= 15 is 0 Å². The SMILES string of the molecule is CCOCCOc1cccc(CNc2ccccc2OCc2ccccc2)c1. The van der Waals surface area contributed by atoms with Gasteiger partial charge in [-0.1, -0.05) is 54.6 Å². The topological polar surface area (TPSA) is 39.7 Å². The lowest BCUT2D eigenvalue weighted by Crippen LogP contribution is -2.07. The fourth-order valence-electron chi connectivity index (χ4n) is 2.78. The van der Waals surface area contributed by atoms with Crippen LogP contribution in [-0.2, 0) is 17.9 Å². The van der Waals surface area contributed by atoms with E-state index in [1.54, 1.807) is 0 Å². The minimum Gasteiger partial charge on any atom is -0.491 e. The first-order valence-electron chi connectivity index (χ1n) is 9.64. The summed E-state index contributed by atoms with van der Waals surface area (Å²) in [5.74, 6) is 1.70. The number of nitrogens with one attached hydrogen (secondary N) is 1. The summed E-state index contributed by atoms with van der Waals surface area (Å²) in [5, 5.41) is 3.46. The fraction of sp³-hybridized carbons (Fsp3) is 0.250. The van der Waals surface area contributed by atoms with Gasteiger partial charge in [0.05, 0.1) is 12.3 Å². The van der Waals surface area contributed by atoms with Gasteiger partial charge in [0.15, 0.2) is 0 Å². The van der Waals surface area contributed by atoms with Gasteiger partial charge in [-0.15, -0.1) is 0 Å². The van der Waals surface area contributed by atoms with Gasteiger partial charge in [0.25, 0.3) is 0 Å². The van der Waals surface area contributed by atoms with Crippen molar-refractivity contribution in [2.45, 2.75) is 20.1 Å². The molecule has 146 valence electrons. The van der Waals surface area contributed by atoms with Crippen LogP contribution in [0.5, 0.6) is 11.5 Å². The molecule has 0 aliphatic carbocycles. The molecule has 0 fully saturated rings. The van der Waals surface area contributed by atoms with E-state index in [1.165, 1.54) is 0 Å². The van der Waals surface area contributed by atoms with Crippen molar-refractivity contribution in [2.75, 3.05) is 25.1 Å². The van der Waals surface area contributed by atoms with Crippen molar-refractivity contribution >= 4 is 5.69 Å². The number of rotatable bonds is 11. The van der Waals surface area contributed by atoms with Gasteiger partial charge in [-0.05, 0) is 42.3 Å². The standard InChI is InChI=1S/C24H27NO3/c1-2-26-15-16-27-22-12-8-11-21(17-22)18-25-23-13-6-7-14-24(23)28-19-20-9-4-3-5-10-20/h3-14,17,25H,2,15-16,18-19H2,1H3. The zero-order valence-electron chi connectivity index (χ0n) is 16.3. The molecule has 4 nitrogen and oxygen atoms in total. The average molecular weight is 377 g/mol. The molecule has 4 heteroatoms. The third-order valence-corrected chi connectivity index (χ3v) is 4.21. The quantitative estimate of drug-likeness (QED) is 0.461. The Kier molecular flexibility index (Phi) is 7.77. The van der Waals surface area contributed by atoms with Crippen LogP contribution in [0.1, 0.15) is 18.1 Å². The van der Waals surface area contributed by atoms with E-state index in [1.807, 2.05) is 67.6 Å². The summed E-state index contributed by atoms with van der Waals surface area (Å²) in [5.41, 5.74) is 3.27. The van der Waals surface area contributed by atoms with Gasteiger partial charge in [0, 0.05) is 13.2 Å². The van der Waals surface area contributed by atoms with Crippen LogP contribution in [0.2, 0.25) is 0 Å². The number of anilines is 1. The zero-order valence-corrected chi connectivity index (χ0v) is 16.3. The first kappa shape index (κ1) is 19.8. The Bertz CT molecular complexity index is 836. The minimum atomic E-state index is 0.544. The second kappa shape index (κ2) is 11.0. The Labute approximate surface area is 167 Å². The Morgan fingerprint density at radius 2 is 1.54 bits per heavy atom. The Hall–Kier alpha value is -2.98. The maximum absolute atomic E-state index is 6.01. The molecule has 0 radical (unpaired) electrons. The molecular weight excluding hydrogens is 350 g/mol. The minimum absolute atomic E-state index is 0.544. The van der Waals surface area contributed by atoms with Crippen LogP contribution < -0.4 is 14.8 Å². The third-order valence-electron chi connectivity index (χ3n) is 4.21. The lowest BCUT2D eigenvalue weighted by molar-refractivity contribution is 0.110. The van der Waals surface area contributed by atoms with Gasteiger partial charge in [-0.25, -0.2) is 0 Å². The molecule has 0 amide bonds. The van der Waals surface area contributed by atoms with E-state index in [0.717, 1.165) is 28.3 Å². The molecule has 28 heavy (non-hydrogen) atoms. The van der Waals surface area contributed by atoms with Crippen LogP contribution in [0.4, 0.5) is 5.69 Å². The smallest absolute Gasteiger partial charge is 0.142 e. The summed E-state index contributed by atoms with van der Waals surface area (Å²) in [6.07, 6.45) is 0. The number of hydrogen-bond acceptors (Lipinski definition) is 4. The molecule has 0 unspecified atom stereocenters. The van der Waals surface area contributed by atoms with Crippen LogP contribution in [-0.4, -0.2) is 19.8 Å². The van der Waals surface area contributed by atoms with Crippen LogP contribution in [0.15, 0.2) is 78.9 Å². The van der Waals surface area contributed by atoms with E-state index < -0.39 is 0 Å². The van der Waals surface area contributed by atoms with Crippen molar-refractivity contribution < 1.29 is 14.2 Å². The number of hydrogen-bond donors (Lipinski definition) is 1. The van der Waals surface area contributed by atoms with Crippen molar-refractivity contribution in [3.63, 3.8) is 0 Å². The van der Waals surface area contributed by atoms with E-state index in [9.17, 15) is 0 Å². The van der Waals surface area contributed by atoms with Gasteiger partial charge >= 0.3 is 0 Å². The predicted octanol–water partition coefficient (Wildman–Crippen LogP) is 5.29. The summed E-state index contributed by atoms with van der Waals surface area (Å²) in [6, 6.07) is 26.3. The molecule has 0 spiro atoms. The molecule has 0 bridgehead atoms. The number of para-hydroxylation sites is 2. The van der Waals surface area contributed by atoms with Crippen LogP contribution >= 0.6 is 0 Å². The maximum atomic E-state index is 6.01. The third kappa shape index (κ3) is 6.32. The van der Waals surface area contributed by atoms with Crippen LogP contribution in [0.3, 0.4) is 0 Å². The first-order valence-corrected chi connectivity index (χ1v) is 9.64. The summed E-state index contributed by atoms with van der Waals surface area (Å²) >= 11 is 0. The highest BCUT2D eigenvalue weighted by atomic mass is 16.5. The molecule has 0 aliphatic heterocycles. The molecule has 3 rings (SSSR count). The monoisotopic (exact) mass is 377 g/mol. The summed E-state index contributed by atoms with van der Waals surface area (Å²) in [6.45, 7) is 5.08. The molecule has 3 aromatic rings. The summed E-state index contributed by atoms with van der Waals surface area (Å²) < 4.78 is 17.1. The lowest BCUT2D eigenvalue weighted by atomic mass is 10.2. The first-order chi connectivity index (χ1) is 13.8. The van der Waals surface area contributed by atoms with Gasteiger partial charge in [0.2, 0.25) is 0 Å². The van der Waals surface area contributed by atoms with Crippen molar-refractivity contribution in [3.8, 4) is 11.5 Å². The molecule has 0 aromatic heterocycles. The van der Waals surface area contributed by atoms with Crippen LogP contribution in [0, 0.1) is 0 Å². The summed E-state index contributed by atoms with van der Waals surface area (Å²) in [4.78, 5) is 0. The Balaban J connectivity index is 1.56. The molecule has 0 atom stereocenters. The number of ether oxygens (including phenoxy) is 3. The van der Waals surface area contributed by atoms with E-state index in [-0.39, 0.29) is 0 Å². The fourth-order valence-corrected chi connectivity index (χ4v) is 2.78. The van der Waals surface area contributed by atoms with Crippen molar-refractivity contribution in [2.24, 2.45) is 0 Å². The molecule has 3 aromatic carbocycles. The second-order valence-corrected chi connectivity index (χ2v) is 6.32. The average Bonchev–Trinajstić information content (AvgIpc) is 2.75. The molecule has 0 aliphatic rings. The Morgan fingerprint density at radius 1 is 0.750 bits per heavy atom. The normalized spacial score (nSPS) is 10.5. The summed E-state index contributed by atoms with van der Waals surface area (Å²) in [7, 11) is 0. The highest BCUT2D eigenvalue weighted by molar-refractivity contribution is 5.56. The lowest BCUT2D eigenvalue weighted by Gasteiger charge is -2.14. The molecular formula is C24H27NO3. The van der Waals surface area contributed by atoms with E-state index in [0.29, 0.717) is 33.0 Å². The van der Waals surface area contributed by atoms with Crippen molar-refractivity contribution in [3.05, 3.63) is 90.0 Å². The Morgan fingerprint density at radius 3 is 2.39 bits per heavy atom. The molecule has 0 saturated carbocycles. The van der Waals surface area contributed by atoms with E-state index in [4.69, 9.17) is 14.2 Å². The van der Waals surface area contributed by atoms with Crippen molar-refractivity contribution in [1.29, 1.82) is 0 Å². The largest absolute Gasteiger partial charge is 0.491 e. The molecule has 0 saturated heterocycles. The highest BCUT2D eigenvalue weighted by Gasteiger charge is 2.04. The van der Waals surface area contributed by atoms with E-state index in [2.05, 4.69) is 23.5 Å². The van der Waals surface area contributed by atoms with Gasteiger partial charge < -0.3 is 19.5 Å². The van der Waals surface area contributed by atoms with Gasteiger partial charge in [-0.2, -0.15) is 0 Å². The van der Waals surface area contributed by atoms with Crippen molar-refractivity contribution in [1.82, 2.24) is 0 Å². The zero-order chi connectivity index (χ0) is 19.4. The van der Waals surface area contributed by atoms with Gasteiger partial charge in [-0.3, -0.25) is 0 Å². The maximum Gasteiger partial charge on any atom is 0.142 e. The molecule has 1 N–H and O–H groups in total. The number of benzene rings is 3. The second-order valence-electron chi connectivity index (χ2n) is 6.32. The van der Waals surface area contributed by atoms with Crippen LogP contribution in [0.25, 0.3) is 0 Å². The predicted molar refractivity (Wildman–Crippen MR) is 113 cm³/mol. The van der Waals surface area contributed by atoms with Gasteiger partial charge in [0.1, 0.15) is 24.7 Å². The highest BCUT2D eigenvalue weighted by Crippen LogP contribution is 2.25. The molecule has 0 heterocycles.